The largest absolute Gasteiger partial charge is 0.343 e. The molecular weight excluding hydrogens is 398 g/mol. The van der Waals surface area contributed by atoms with Crippen molar-refractivity contribution in [2.24, 2.45) is 0 Å². The molecule has 1 aliphatic heterocycles. The molecule has 2 heterocycles. The lowest BCUT2D eigenvalue weighted by Gasteiger charge is -2.32. The SMILES string of the molecule is CN1CCN(CCCc2cn(Cc3cccc(Br)c3)c3ccccc23)CC1. The molecule has 0 unspecified atom stereocenters. The molecule has 2 aromatic carbocycles. The van der Waals surface area contributed by atoms with Crippen LogP contribution in [-0.2, 0) is 13.0 Å². The highest BCUT2D eigenvalue weighted by atomic mass is 79.9. The van der Waals surface area contributed by atoms with E-state index in [-0.39, 0.29) is 0 Å². The summed E-state index contributed by atoms with van der Waals surface area (Å²) >= 11 is 3.59. The molecule has 0 amide bonds. The molecule has 3 aromatic rings. The Morgan fingerprint density at radius 3 is 2.59 bits per heavy atom. The first-order valence-corrected chi connectivity index (χ1v) is 10.7. The molecule has 4 rings (SSSR count). The molecule has 27 heavy (non-hydrogen) atoms. The maximum absolute atomic E-state index is 3.59. The van der Waals surface area contributed by atoms with Crippen LogP contribution in [0.15, 0.2) is 59.2 Å². The fraction of sp³-hybridized carbons (Fsp3) is 0.391. The highest BCUT2D eigenvalue weighted by Gasteiger charge is 2.14. The van der Waals surface area contributed by atoms with E-state index in [4.69, 9.17) is 0 Å². The van der Waals surface area contributed by atoms with Crippen LogP contribution < -0.4 is 0 Å². The van der Waals surface area contributed by atoms with Crippen molar-refractivity contribution in [3.63, 3.8) is 0 Å². The van der Waals surface area contributed by atoms with Crippen LogP contribution in [-0.4, -0.2) is 54.1 Å². The van der Waals surface area contributed by atoms with Crippen LogP contribution in [0.1, 0.15) is 17.5 Å². The maximum Gasteiger partial charge on any atom is 0.0486 e. The maximum atomic E-state index is 3.59. The zero-order valence-corrected chi connectivity index (χ0v) is 17.7. The minimum atomic E-state index is 0.915. The van der Waals surface area contributed by atoms with Gasteiger partial charge >= 0.3 is 0 Å². The van der Waals surface area contributed by atoms with E-state index in [1.54, 1.807) is 0 Å². The zero-order valence-electron chi connectivity index (χ0n) is 16.1. The number of halogens is 1. The van der Waals surface area contributed by atoms with Gasteiger partial charge in [0.15, 0.2) is 0 Å². The summed E-state index contributed by atoms with van der Waals surface area (Å²) in [5, 5.41) is 1.41. The van der Waals surface area contributed by atoms with Crippen molar-refractivity contribution in [3.05, 3.63) is 70.3 Å². The number of aryl methyl sites for hydroxylation is 1. The summed E-state index contributed by atoms with van der Waals surface area (Å²) in [7, 11) is 2.22. The van der Waals surface area contributed by atoms with Crippen molar-refractivity contribution in [2.45, 2.75) is 19.4 Å². The topological polar surface area (TPSA) is 11.4 Å². The number of hydrogen-bond acceptors (Lipinski definition) is 2. The second-order valence-corrected chi connectivity index (χ2v) is 8.59. The van der Waals surface area contributed by atoms with Gasteiger partial charge in [-0.25, -0.2) is 0 Å². The molecule has 0 spiro atoms. The molecule has 0 saturated carbocycles. The Morgan fingerprint density at radius 2 is 1.78 bits per heavy atom. The summed E-state index contributed by atoms with van der Waals surface area (Å²) in [6.07, 6.45) is 4.75. The van der Waals surface area contributed by atoms with Gasteiger partial charge in [-0.3, -0.25) is 0 Å². The molecule has 0 bridgehead atoms. The van der Waals surface area contributed by atoms with Gasteiger partial charge in [0.2, 0.25) is 0 Å². The van der Waals surface area contributed by atoms with E-state index < -0.39 is 0 Å². The minimum absolute atomic E-state index is 0.915. The number of piperazine rings is 1. The molecule has 1 aliphatic rings. The van der Waals surface area contributed by atoms with E-state index in [1.165, 1.54) is 61.2 Å². The smallest absolute Gasteiger partial charge is 0.0486 e. The average molecular weight is 426 g/mol. The third kappa shape index (κ3) is 4.63. The fourth-order valence-corrected chi connectivity index (χ4v) is 4.50. The first-order chi connectivity index (χ1) is 13.2. The minimum Gasteiger partial charge on any atom is -0.343 e. The highest BCUT2D eigenvalue weighted by molar-refractivity contribution is 9.10. The second-order valence-electron chi connectivity index (χ2n) is 7.68. The Morgan fingerprint density at radius 1 is 0.963 bits per heavy atom. The van der Waals surface area contributed by atoms with E-state index in [0.717, 1.165) is 17.4 Å². The molecule has 0 aliphatic carbocycles. The van der Waals surface area contributed by atoms with Gasteiger partial charge in [-0.2, -0.15) is 0 Å². The zero-order chi connectivity index (χ0) is 18.6. The van der Waals surface area contributed by atoms with Crippen LogP contribution in [0.5, 0.6) is 0 Å². The number of likely N-dealkylation sites (N-methyl/N-ethyl adjacent to an activating group) is 1. The van der Waals surface area contributed by atoms with Gasteiger partial charge in [0.05, 0.1) is 0 Å². The monoisotopic (exact) mass is 425 g/mol. The quantitative estimate of drug-likeness (QED) is 0.570. The Hall–Kier alpha value is -1.62. The van der Waals surface area contributed by atoms with Crippen molar-refractivity contribution in [3.8, 4) is 0 Å². The van der Waals surface area contributed by atoms with Crippen molar-refractivity contribution < 1.29 is 0 Å². The summed E-state index contributed by atoms with van der Waals surface area (Å²) in [6, 6.07) is 17.4. The Bertz CT molecular complexity index is 894. The number of benzene rings is 2. The van der Waals surface area contributed by atoms with Crippen molar-refractivity contribution >= 4 is 26.8 Å². The average Bonchev–Trinajstić information content (AvgIpc) is 3.01. The van der Waals surface area contributed by atoms with E-state index in [9.17, 15) is 0 Å². The third-order valence-electron chi connectivity index (χ3n) is 5.63. The van der Waals surface area contributed by atoms with Crippen LogP contribution in [0.25, 0.3) is 10.9 Å². The Labute approximate surface area is 170 Å². The molecule has 1 fully saturated rings. The van der Waals surface area contributed by atoms with Gasteiger partial charge in [-0.05, 0) is 55.8 Å². The molecule has 0 radical (unpaired) electrons. The predicted octanol–water partition coefficient (Wildman–Crippen LogP) is 4.63. The lowest BCUT2D eigenvalue weighted by molar-refractivity contribution is 0.153. The first kappa shape index (κ1) is 18.7. The van der Waals surface area contributed by atoms with Crippen molar-refractivity contribution in [2.75, 3.05) is 39.8 Å². The van der Waals surface area contributed by atoms with Gasteiger partial charge in [0.1, 0.15) is 0 Å². The van der Waals surface area contributed by atoms with Crippen LogP contribution in [0, 0.1) is 0 Å². The van der Waals surface area contributed by atoms with Crippen LogP contribution in [0.3, 0.4) is 0 Å². The summed E-state index contributed by atoms with van der Waals surface area (Å²) in [5.41, 5.74) is 4.15. The van der Waals surface area contributed by atoms with E-state index >= 15 is 0 Å². The second kappa shape index (κ2) is 8.59. The van der Waals surface area contributed by atoms with E-state index in [1.807, 2.05) is 0 Å². The number of rotatable bonds is 6. The highest BCUT2D eigenvalue weighted by Crippen LogP contribution is 2.24. The van der Waals surface area contributed by atoms with Crippen LogP contribution in [0.2, 0.25) is 0 Å². The van der Waals surface area contributed by atoms with E-state index in [0.29, 0.717) is 0 Å². The van der Waals surface area contributed by atoms with Gasteiger partial charge < -0.3 is 14.4 Å². The molecule has 0 N–H and O–H groups in total. The van der Waals surface area contributed by atoms with Gasteiger partial charge in [0.25, 0.3) is 0 Å². The fourth-order valence-electron chi connectivity index (χ4n) is 4.05. The number of aromatic nitrogens is 1. The molecule has 1 saturated heterocycles. The number of para-hydroxylation sites is 1. The molecular formula is C23H28BrN3. The summed E-state index contributed by atoms with van der Waals surface area (Å²) in [4.78, 5) is 5.03. The van der Waals surface area contributed by atoms with E-state index in [2.05, 4.69) is 92.1 Å². The number of nitrogens with zero attached hydrogens (tertiary/aromatic N) is 3. The lowest BCUT2D eigenvalue weighted by atomic mass is 10.1. The predicted molar refractivity (Wildman–Crippen MR) is 117 cm³/mol. The number of fused-ring (bicyclic) bond motifs is 1. The van der Waals surface area contributed by atoms with Gasteiger partial charge in [-0.1, -0.05) is 46.3 Å². The van der Waals surface area contributed by atoms with Crippen molar-refractivity contribution in [1.82, 2.24) is 14.4 Å². The number of hydrogen-bond donors (Lipinski definition) is 0. The normalized spacial score (nSPS) is 16.2. The molecule has 4 heteroatoms. The molecule has 142 valence electrons. The standard InChI is InChI=1S/C23H28BrN3/c1-25-12-14-26(15-13-25)11-5-7-20-18-27(23-10-3-2-9-22(20)23)17-19-6-4-8-21(24)16-19/h2-4,6,8-10,16,18H,5,7,11-15,17H2,1H3. The summed E-state index contributed by atoms with van der Waals surface area (Å²) in [6.45, 7) is 6.94. The Balaban J connectivity index is 1.46. The molecule has 0 atom stereocenters. The summed E-state index contributed by atoms with van der Waals surface area (Å²) in [5.74, 6) is 0. The van der Waals surface area contributed by atoms with Gasteiger partial charge in [-0.15, -0.1) is 0 Å². The third-order valence-corrected chi connectivity index (χ3v) is 6.12. The Kier molecular flexibility index (Phi) is 5.96. The first-order valence-electron chi connectivity index (χ1n) is 9.91. The molecule has 3 nitrogen and oxygen atoms in total. The lowest BCUT2D eigenvalue weighted by Crippen LogP contribution is -2.44. The van der Waals surface area contributed by atoms with Crippen LogP contribution >= 0.6 is 15.9 Å². The van der Waals surface area contributed by atoms with Crippen molar-refractivity contribution in [1.29, 1.82) is 0 Å². The van der Waals surface area contributed by atoms with Gasteiger partial charge in [0, 0.05) is 54.3 Å². The summed E-state index contributed by atoms with van der Waals surface area (Å²) < 4.78 is 3.55. The molecule has 1 aromatic heterocycles. The van der Waals surface area contributed by atoms with Crippen LogP contribution in [0.4, 0.5) is 0 Å².